The second-order valence-electron chi connectivity index (χ2n) is 4.94. The predicted molar refractivity (Wildman–Crippen MR) is 110 cm³/mol. The molecule has 0 aliphatic carbocycles. The maximum absolute atomic E-state index is 10.5. The average Bonchev–Trinajstić information content (AvgIpc) is 2.56. The number of benzene rings is 2. The first-order chi connectivity index (χ1) is 11.4. The number of nitrogens with zero attached hydrogens (tertiary/aromatic N) is 2. The Morgan fingerprint density at radius 2 is 1.67 bits per heavy atom. The monoisotopic (exact) mass is 549 g/mol. The molecule has 3 aromatic rings. The molecule has 8 heteroatoms. The van der Waals surface area contributed by atoms with Crippen LogP contribution in [0.3, 0.4) is 0 Å². The Labute approximate surface area is 165 Å². The number of aromatic hydroxyl groups is 1. The highest BCUT2D eigenvalue weighted by Crippen LogP contribution is 2.40. The molecule has 3 rings (SSSR count). The Bertz CT molecular complexity index is 948. The molecule has 3 N–H and O–H groups in total. The van der Waals surface area contributed by atoms with Gasteiger partial charge in [-0.15, -0.1) is 0 Å². The van der Waals surface area contributed by atoms with Crippen molar-refractivity contribution in [3.63, 3.8) is 0 Å². The number of phenols is 1. The van der Waals surface area contributed by atoms with E-state index in [4.69, 9.17) is 15.2 Å². The summed E-state index contributed by atoms with van der Waals surface area (Å²) < 4.78 is 12.4. The molecule has 0 fully saturated rings. The summed E-state index contributed by atoms with van der Waals surface area (Å²) in [5.41, 5.74) is 7.63. The minimum absolute atomic E-state index is 0.123. The molecular weight excluding hydrogens is 536 g/mol. The molecule has 0 atom stereocenters. The number of nitrogens with two attached hydrogens (primary N) is 1. The SMILES string of the molecule is COc1cc2nc(N)nc(-c3cc(I)cc(I)c3O)c2cc1OC. The number of nitrogen functional groups attached to an aromatic ring is 1. The van der Waals surface area contributed by atoms with Crippen molar-refractivity contribution < 1.29 is 14.6 Å². The van der Waals surface area contributed by atoms with Gasteiger partial charge in [-0.05, 0) is 63.4 Å². The molecule has 0 bridgehead atoms. The van der Waals surface area contributed by atoms with E-state index in [1.807, 2.05) is 12.1 Å². The van der Waals surface area contributed by atoms with E-state index in [1.54, 1.807) is 26.4 Å². The molecule has 0 spiro atoms. The van der Waals surface area contributed by atoms with Crippen LogP contribution in [-0.2, 0) is 0 Å². The minimum Gasteiger partial charge on any atom is -0.506 e. The van der Waals surface area contributed by atoms with Gasteiger partial charge in [0, 0.05) is 20.6 Å². The van der Waals surface area contributed by atoms with Crippen molar-refractivity contribution in [3.8, 4) is 28.5 Å². The molecular formula is C16H13I2N3O3. The van der Waals surface area contributed by atoms with Gasteiger partial charge in [0.15, 0.2) is 11.5 Å². The number of methoxy groups -OCH3 is 2. The third-order valence-electron chi connectivity index (χ3n) is 3.50. The summed E-state index contributed by atoms with van der Waals surface area (Å²) in [7, 11) is 3.12. The van der Waals surface area contributed by atoms with Gasteiger partial charge in [0.25, 0.3) is 0 Å². The molecule has 0 amide bonds. The summed E-state index contributed by atoms with van der Waals surface area (Å²) in [6.45, 7) is 0. The molecule has 1 aromatic heterocycles. The Kier molecular flexibility index (Phi) is 4.85. The van der Waals surface area contributed by atoms with Crippen LogP contribution in [-0.4, -0.2) is 29.3 Å². The van der Waals surface area contributed by atoms with Gasteiger partial charge in [0.1, 0.15) is 5.75 Å². The summed E-state index contributed by atoms with van der Waals surface area (Å²) >= 11 is 4.28. The van der Waals surface area contributed by atoms with Crippen LogP contribution >= 0.6 is 45.2 Å². The van der Waals surface area contributed by atoms with Crippen LogP contribution in [0.5, 0.6) is 17.2 Å². The van der Waals surface area contributed by atoms with Crippen molar-refractivity contribution in [2.45, 2.75) is 0 Å². The van der Waals surface area contributed by atoms with Crippen LogP contribution in [0, 0.1) is 7.14 Å². The molecule has 0 saturated heterocycles. The molecule has 124 valence electrons. The number of aromatic nitrogens is 2. The van der Waals surface area contributed by atoms with Gasteiger partial charge in [0.2, 0.25) is 5.95 Å². The molecule has 2 aromatic carbocycles. The lowest BCUT2D eigenvalue weighted by Crippen LogP contribution is -2.00. The number of hydrogen-bond donors (Lipinski definition) is 2. The highest BCUT2D eigenvalue weighted by atomic mass is 127. The van der Waals surface area contributed by atoms with Gasteiger partial charge < -0.3 is 20.3 Å². The topological polar surface area (TPSA) is 90.5 Å². The molecule has 24 heavy (non-hydrogen) atoms. The van der Waals surface area contributed by atoms with Gasteiger partial charge in [0.05, 0.1) is 29.0 Å². The van der Waals surface area contributed by atoms with Crippen molar-refractivity contribution in [1.29, 1.82) is 0 Å². The number of hydrogen-bond acceptors (Lipinski definition) is 6. The average molecular weight is 549 g/mol. The van der Waals surface area contributed by atoms with Crippen LogP contribution in [0.4, 0.5) is 5.95 Å². The molecule has 0 aliphatic heterocycles. The lowest BCUT2D eigenvalue weighted by molar-refractivity contribution is 0.356. The Balaban J connectivity index is 2.40. The Morgan fingerprint density at radius 1 is 1.00 bits per heavy atom. The molecule has 0 radical (unpaired) electrons. The van der Waals surface area contributed by atoms with Crippen LogP contribution in [0.15, 0.2) is 24.3 Å². The van der Waals surface area contributed by atoms with E-state index >= 15 is 0 Å². The van der Waals surface area contributed by atoms with Crippen LogP contribution in [0.1, 0.15) is 0 Å². The lowest BCUT2D eigenvalue weighted by atomic mass is 10.0. The standard InChI is InChI=1S/C16H13I2N3O3/c1-23-12-5-8-11(6-13(12)24-2)20-16(19)21-14(8)9-3-7(17)4-10(18)15(9)22/h3-6,22H,1-2H3,(H2,19,20,21). The lowest BCUT2D eigenvalue weighted by Gasteiger charge is -2.13. The number of fused-ring (bicyclic) bond motifs is 1. The summed E-state index contributed by atoms with van der Waals surface area (Å²) in [6.07, 6.45) is 0. The van der Waals surface area contributed by atoms with E-state index in [9.17, 15) is 5.11 Å². The number of halogens is 2. The maximum Gasteiger partial charge on any atom is 0.221 e. The first kappa shape index (κ1) is 17.3. The van der Waals surface area contributed by atoms with Gasteiger partial charge in [-0.1, -0.05) is 0 Å². The first-order valence-electron chi connectivity index (χ1n) is 6.82. The first-order valence-corrected chi connectivity index (χ1v) is 8.98. The van der Waals surface area contributed by atoms with Crippen molar-refractivity contribution in [3.05, 3.63) is 31.4 Å². The van der Waals surface area contributed by atoms with E-state index < -0.39 is 0 Å². The Morgan fingerprint density at radius 3 is 2.33 bits per heavy atom. The number of ether oxygens (including phenoxy) is 2. The molecule has 0 unspecified atom stereocenters. The number of rotatable bonds is 3. The highest BCUT2D eigenvalue weighted by molar-refractivity contribution is 14.1. The summed E-state index contributed by atoms with van der Waals surface area (Å²) in [5.74, 6) is 1.39. The quantitative estimate of drug-likeness (QED) is 0.484. The third-order valence-corrected chi connectivity index (χ3v) is 4.95. The van der Waals surface area contributed by atoms with Crippen LogP contribution < -0.4 is 15.2 Å². The predicted octanol–water partition coefficient (Wildman–Crippen LogP) is 3.81. The zero-order valence-corrected chi connectivity index (χ0v) is 17.1. The fraction of sp³-hybridized carbons (Fsp3) is 0.125. The number of anilines is 1. The van der Waals surface area contributed by atoms with Crippen molar-refractivity contribution in [2.75, 3.05) is 20.0 Å². The van der Waals surface area contributed by atoms with Crippen molar-refractivity contribution in [1.82, 2.24) is 9.97 Å². The Hall–Kier alpha value is -1.56. The summed E-state index contributed by atoms with van der Waals surface area (Å²) in [4.78, 5) is 8.62. The molecule has 0 aliphatic rings. The van der Waals surface area contributed by atoms with Crippen LogP contribution in [0.2, 0.25) is 0 Å². The zero-order valence-electron chi connectivity index (χ0n) is 12.8. The summed E-state index contributed by atoms with van der Waals surface area (Å²) in [6, 6.07) is 7.27. The van der Waals surface area contributed by atoms with E-state index in [1.165, 1.54) is 0 Å². The second kappa shape index (κ2) is 6.75. The van der Waals surface area contributed by atoms with Gasteiger partial charge in [-0.25, -0.2) is 9.97 Å². The van der Waals surface area contributed by atoms with E-state index in [2.05, 4.69) is 55.1 Å². The molecule has 6 nitrogen and oxygen atoms in total. The minimum atomic E-state index is 0.123. The largest absolute Gasteiger partial charge is 0.506 e. The molecule has 1 heterocycles. The smallest absolute Gasteiger partial charge is 0.221 e. The van der Waals surface area contributed by atoms with Gasteiger partial charge in [-0.2, -0.15) is 0 Å². The molecule has 0 saturated carbocycles. The zero-order chi connectivity index (χ0) is 17.4. The third kappa shape index (κ3) is 3.04. The van der Waals surface area contributed by atoms with E-state index in [0.717, 1.165) is 12.5 Å². The highest BCUT2D eigenvalue weighted by Gasteiger charge is 2.18. The fourth-order valence-corrected chi connectivity index (χ4v) is 4.27. The second-order valence-corrected chi connectivity index (χ2v) is 7.35. The van der Waals surface area contributed by atoms with Gasteiger partial charge in [-0.3, -0.25) is 0 Å². The van der Waals surface area contributed by atoms with Crippen LogP contribution in [0.25, 0.3) is 22.2 Å². The fourth-order valence-electron chi connectivity index (χ4n) is 2.43. The normalized spacial score (nSPS) is 10.8. The van der Waals surface area contributed by atoms with E-state index in [0.29, 0.717) is 28.3 Å². The van der Waals surface area contributed by atoms with Crippen molar-refractivity contribution >= 4 is 62.0 Å². The summed E-state index contributed by atoms with van der Waals surface area (Å²) in [5, 5.41) is 11.2. The number of phenolic OH excluding ortho intramolecular Hbond substituents is 1. The van der Waals surface area contributed by atoms with Crippen molar-refractivity contribution in [2.24, 2.45) is 0 Å². The van der Waals surface area contributed by atoms with E-state index in [-0.39, 0.29) is 11.7 Å². The maximum atomic E-state index is 10.5. The van der Waals surface area contributed by atoms with Gasteiger partial charge >= 0.3 is 0 Å².